The predicted octanol–water partition coefficient (Wildman–Crippen LogP) is 3.56. The first-order valence-electron chi connectivity index (χ1n) is 5.67. The molecule has 1 rings (SSSR count). The van der Waals surface area contributed by atoms with E-state index in [1.54, 1.807) is 6.20 Å². The molecule has 0 aromatic carbocycles. The molecule has 0 fully saturated rings. The summed E-state index contributed by atoms with van der Waals surface area (Å²) in [6.07, 6.45) is 13.5. The molecule has 1 aliphatic rings. The van der Waals surface area contributed by atoms with Gasteiger partial charge in [0.25, 0.3) is 0 Å². The summed E-state index contributed by atoms with van der Waals surface area (Å²) in [7, 11) is 0. The van der Waals surface area contributed by atoms with Crippen molar-refractivity contribution in [1.82, 2.24) is 0 Å². The average Bonchev–Trinajstić information content (AvgIpc) is 2.25. The molecule has 0 bridgehead atoms. The first-order valence-corrected chi connectivity index (χ1v) is 5.67. The molecule has 0 radical (unpaired) electrons. The zero-order chi connectivity index (χ0) is 11.3. The van der Waals surface area contributed by atoms with Crippen LogP contribution in [0.2, 0.25) is 0 Å². The van der Waals surface area contributed by atoms with Crippen molar-refractivity contribution in [3.05, 3.63) is 47.7 Å². The first-order chi connectivity index (χ1) is 7.20. The molecule has 0 aliphatic heterocycles. The van der Waals surface area contributed by atoms with Gasteiger partial charge < -0.3 is 5.73 Å². The maximum atomic E-state index is 5.50. The Morgan fingerprint density at radius 3 is 2.73 bits per heavy atom. The van der Waals surface area contributed by atoms with Gasteiger partial charge in [-0.15, -0.1) is 0 Å². The second kappa shape index (κ2) is 5.59. The van der Waals surface area contributed by atoms with Gasteiger partial charge in [-0.3, -0.25) is 0 Å². The monoisotopic (exact) mass is 203 g/mol. The third kappa shape index (κ3) is 2.85. The van der Waals surface area contributed by atoms with Crippen LogP contribution in [0.25, 0.3) is 0 Å². The van der Waals surface area contributed by atoms with Crippen molar-refractivity contribution in [3.63, 3.8) is 0 Å². The van der Waals surface area contributed by atoms with Crippen molar-refractivity contribution in [2.45, 2.75) is 27.2 Å². The largest absolute Gasteiger partial charge is 0.405 e. The molecule has 2 N–H and O–H groups in total. The minimum Gasteiger partial charge on any atom is -0.405 e. The van der Waals surface area contributed by atoms with Crippen molar-refractivity contribution < 1.29 is 0 Å². The summed E-state index contributed by atoms with van der Waals surface area (Å²) >= 11 is 0. The first kappa shape index (κ1) is 11.8. The van der Waals surface area contributed by atoms with Crippen LogP contribution in [0.5, 0.6) is 0 Å². The minimum absolute atomic E-state index is 0.519. The van der Waals surface area contributed by atoms with Crippen molar-refractivity contribution in [1.29, 1.82) is 0 Å². The van der Waals surface area contributed by atoms with E-state index in [2.05, 4.69) is 45.1 Å². The normalized spacial score (nSPS) is 24.1. The highest BCUT2D eigenvalue weighted by molar-refractivity contribution is 5.41. The number of rotatable bonds is 3. The Hall–Kier alpha value is -1.24. The molecule has 1 unspecified atom stereocenters. The van der Waals surface area contributed by atoms with Crippen molar-refractivity contribution >= 4 is 0 Å². The van der Waals surface area contributed by atoms with Gasteiger partial charge in [0.15, 0.2) is 0 Å². The Bertz CT molecular complexity index is 316. The van der Waals surface area contributed by atoms with Gasteiger partial charge in [0.05, 0.1) is 0 Å². The van der Waals surface area contributed by atoms with Gasteiger partial charge >= 0.3 is 0 Å². The standard InChI is InChI=1S/C14H21N/c1-4-12-7-5-6-8-14(12)13(9-10-15)11(2)3/h5-12H,4,15H2,1-3H3/b10-9-,14-13+. The summed E-state index contributed by atoms with van der Waals surface area (Å²) in [4.78, 5) is 0. The third-order valence-electron chi connectivity index (χ3n) is 2.80. The van der Waals surface area contributed by atoms with Gasteiger partial charge in [-0.25, -0.2) is 0 Å². The average molecular weight is 203 g/mol. The van der Waals surface area contributed by atoms with E-state index < -0.39 is 0 Å². The Balaban J connectivity index is 3.12. The highest BCUT2D eigenvalue weighted by Gasteiger charge is 2.14. The van der Waals surface area contributed by atoms with Crippen LogP contribution in [0, 0.1) is 11.8 Å². The molecule has 0 saturated heterocycles. The lowest BCUT2D eigenvalue weighted by Gasteiger charge is -2.20. The summed E-state index contributed by atoms with van der Waals surface area (Å²) in [5.74, 6) is 1.06. The van der Waals surface area contributed by atoms with Crippen LogP contribution in [-0.2, 0) is 0 Å². The van der Waals surface area contributed by atoms with Gasteiger partial charge in [-0.1, -0.05) is 45.1 Å². The van der Waals surface area contributed by atoms with Crippen LogP contribution in [0.1, 0.15) is 27.2 Å². The van der Waals surface area contributed by atoms with Crippen LogP contribution >= 0.6 is 0 Å². The molecule has 1 aliphatic carbocycles. The highest BCUT2D eigenvalue weighted by Crippen LogP contribution is 2.29. The molecule has 0 heterocycles. The van der Waals surface area contributed by atoms with Crippen LogP contribution < -0.4 is 5.73 Å². The van der Waals surface area contributed by atoms with E-state index in [1.165, 1.54) is 11.1 Å². The molecule has 1 nitrogen and oxygen atoms in total. The molecule has 0 aromatic rings. The number of hydrogen-bond donors (Lipinski definition) is 1. The number of hydrogen-bond acceptors (Lipinski definition) is 1. The summed E-state index contributed by atoms with van der Waals surface area (Å²) in [6.45, 7) is 6.64. The quantitative estimate of drug-likeness (QED) is 0.745. The van der Waals surface area contributed by atoms with E-state index in [0.29, 0.717) is 11.8 Å². The Labute approximate surface area is 93.1 Å². The second-order valence-corrected chi connectivity index (χ2v) is 4.18. The fraction of sp³-hybridized carbons (Fsp3) is 0.429. The Morgan fingerprint density at radius 2 is 2.20 bits per heavy atom. The fourth-order valence-electron chi connectivity index (χ4n) is 1.98. The Kier molecular flexibility index (Phi) is 4.41. The smallest absolute Gasteiger partial charge is 0.00213 e. The molecule has 0 aromatic heterocycles. The Morgan fingerprint density at radius 1 is 1.47 bits per heavy atom. The maximum Gasteiger partial charge on any atom is 0.00213 e. The summed E-state index contributed by atoms with van der Waals surface area (Å²) in [6, 6.07) is 0. The summed E-state index contributed by atoms with van der Waals surface area (Å²) < 4.78 is 0. The molecule has 1 heteroatoms. The fourth-order valence-corrected chi connectivity index (χ4v) is 1.98. The lowest BCUT2D eigenvalue weighted by atomic mass is 9.85. The minimum atomic E-state index is 0.519. The maximum absolute atomic E-state index is 5.50. The van der Waals surface area contributed by atoms with E-state index in [9.17, 15) is 0 Å². The van der Waals surface area contributed by atoms with Crippen molar-refractivity contribution in [2.24, 2.45) is 17.6 Å². The molecular formula is C14H21N. The van der Waals surface area contributed by atoms with Gasteiger partial charge in [-0.05, 0) is 35.8 Å². The van der Waals surface area contributed by atoms with Crippen molar-refractivity contribution in [3.8, 4) is 0 Å². The number of nitrogens with two attached hydrogens (primary N) is 1. The van der Waals surface area contributed by atoms with Gasteiger partial charge in [0.2, 0.25) is 0 Å². The lowest BCUT2D eigenvalue weighted by molar-refractivity contribution is 0.698. The lowest BCUT2D eigenvalue weighted by Crippen LogP contribution is -2.07. The molecule has 1 atom stereocenters. The van der Waals surface area contributed by atoms with Crippen LogP contribution in [0.4, 0.5) is 0 Å². The second-order valence-electron chi connectivity index (χ2n) is 4.18. The van der Waals surface area contributed by atoms with Gasteiger partial charge in [0.1, 0.15) is 0 Å². The molecule has 0 saturated carbocycles. The van der Waals surface area contributed by atoms with E-state index in [1.807, 2.05) is 6.08 Å². The summed E-state index contributed by atoms with van der Waals surface area (Å²) in [5.41, 5.74) is 8.27. The van der Waals surface area contributed by atoms with Gasteiger partial charge in [-0.2, -0.15) is 0 Å². The van der Waals surface area contributed by atoms with Crippen LogP contribution in [0.3, 0.4) is 0 Å². The third-order valence-corrected chi connectivity index (χ3v) is 2.80. The zero-order valence-electron chi connectivity index (χ0n) is 9.90. The number of allylic oxidation sites excluding steroid dienone is 7. The molecule has 82 valence electrons. The van der Waals surface area contributed by atoms with E-state index in [4.69, 9.17) is 5.73 Å². The molecule has 0 spiro atoms. The molecular weight excluding hydrogens is 182 g/mol. The van der Waals surface area contributed by atoms with E-state index >= 15 is 0 Å². The van der Waals surface area contributed by atoms with Crippen LogP contribution in [0.15, 0.2) is 47.7 Å². The highest BCUT2D eigenvalue weighted by atomic mass is 14.5. The topological polar surface area (TPSA) is 26.0 Å². The summed E-state index contributed by atoms with van der Waals surface area (Å²) in [5, 5.41) is 0. The van der Waals surface area contributed by atoms with E-state index in [-0.39, 0.29) is 0 Å². The van der Waals surface area contributed by atoms with Crippen molar-refractivity contribution in [2.75, 3.05) is 0 Å². The SMILES string of the molecule is CCC1C=CC=C/C1=C(/C=C\N)C(C)C. The van der Waals surface area contributed by atoms with Crippen LogP contribution in [-0.4, -0.2) is 0 Å². The van der Waals surface area contributed by atoms with Gasteiger partial charge in [0, 0.05) is 5.92 Å². The zero-order valence-corrected chi connectivity index (χ0v) is 9.90. The predicted molar refractivity (Wildman–Crippen MR) is 67.3 cm³/mol. The molecule has 15 heavy (non-hydrogen) atoms. The molecule has 0 amide bonds. The van der Waals surface area contributed by atoms with E-state index in [0.717, 1.165) is 6.42 Å².